The molecule has 1 N–H and O–H groups in total. The summed E-state index contributed by atoms with van der Waals surface area (Å²) < 4.78 is 46.1. The van der Waals surface area contributed by atoms with Crippen LogP contribution in [0.4, 0.5) is 13.2 Å². The van der Waals surface area contributed by atoms with E-state index in [0.29, 0.717) is 13.0 Å². The van der Waals surface area contributed by atoms with E-state index >= 15 is 0 Å². The van der Waals surface area contributed by atoms with Crippen LogP contribution in [0.5, 0.6) is 0 Å². The maximum absolute atomic E-state index is 13.5. The number of amides is 1. The van der Waals surface area contributed by atoms with Gasteiger partial charge in [0.1, 0.15) is 32.0 Å². The van der Waals surface area contributed by atoms with E-state index in [0.717, 1.165) is 35.1 Å². The van der Waals surface area contributed by atoms with Gasteiger partial charge in [-0.05, 0) is 42.1 Å². The van der Waals surface area contributed by atoms with Crippen molar-refractivity contribution in [1.29, 1.82) is 0 Å². The van der Waals surface area contributed by atoms with E-state index < -0.39 is 31.3 Å². The number of nitrogens with one attached hydrogen (secondary N) is 1. The number of carbonyl (C=O) groups is 1. The molecule has 1 amide bonds. The summed E-state index contributed by atoms with van der Waals surface area (Å²) in [4.78, 5) is 14.6. The number of rotatable bonds is 6. The number of ether oxygens (including phenoxy) is 1. The zero-order valence-corrected chi connectivity index (χ0v) is 14.3. The third kappa shape index (κ3) is 2.56. The Bertz CT molecular complexity index is 725. The van der Waals surface area contributed by atoms with E-state index in [1.807, 2.05) is 18.5 Å². The molecule has 1 atom stereocenters. The number of dihydropyridines is 1. The largest absolute Gasteiger partial charge is 0.497 e. The summed E-state index contributed by atoms with van der Waals surface area (Å²) in [5, 5.41) is 3.09. The maximum atomic E-state index is 13.5. The van der Waals surface area contributed by atoms with Gasteiger partial charge in [-0.1, -0.05) is 0 Å². The lowest BCUT2D eigenvalue weighted by atomic mass is 9.89. The third-order valence-electron chi connectivity index (χ3n) is 5.56. The molecule has 140 valence electrons. The van der Waals surface area contributed by atoms with E-state index in [1.165, 1.54) is 4.90 Å². The second-order valence-corrected chi connectivity index (χ2v) is 7.29. The quantitative estimate of drug-likeness (QED) is 0.786. The van der Waals surface area contributed by atoms with Gasteiger partial charge in [-0.15, -0.1) is 0 Å². The first-order valence-electron chi connectivity index (χ1n) is 8.83. The van der Waals surface area contributed by atoms with Crippen molar-refractivity contribution in [2.75, 3.05) is 26.6 Å². The van der Waals surface area contributed by atoms with Crippen LogP contribution >= 0.6 is 0 Å². The van der Waals surface area contributed by atoms with Gasteiger partial charge in [-0.25, -0.2) is 13.2 Å². The van der Waals surface area contributed by atoms with Crippen LogP contribution in [-0.4, -0.2) is 49.5 Å². The van der Waals surface area contributed by atoms with Crippen molar-refractivity contribution in [1.82, 2.24) is 10.2 Å². The summed E-state index contributed by atoms with van der Waals surface area (Å²) in [5.74, 6) is -0.763. The molecule has 1 unspecified atom stereocenters. The highest BCUT2D eigenvalue weighted by atomic mass is 19.1. The predicted molar refractivity (Wildman–Crippen MR) is 90.1 cm³/mol. The van der Waals surface area contributed by atoms with Crippen LogP contribution in [0.3, 0.4) is 0 Å². The number of alkyl halides is 3. The summed E-state index contributed by atoms with van der Waals surface area (Å²) in [6, 6.07) is -0.453. The summed E-state index contributed by atoms with van der Waals surface area (Å²) in [6.07, 6.45) is 9.25. The van der Waals surface area contributed by atoms with E-state index in [9.17, 15) is 18.0 Å². The van der Waals surface area contributed by atoms with Crippen LogP contribution in [0, 0.1) is 5.41 Å². The van der Waals surface area contributed by atoms with Crippen molar-refractivity contribution in [2.24, 2.45) is 5.41 Å². The van der Waals surface area contributed by atoms with Gasteiger partial charge in [0, 0.05) is 24.0 Å². The van der Waals surface area contributed by atoms with Crippen LogP contribution < -0.4 is 5.32 Å². The lowest BCUT2D eigenvalue weighted by Gasteiger charge is -2.37. The summed E-state index contributed by atoms with van der Waals surface area (Å²) in [7, 11) is 0. The van der Waals surface area contributed by atoms with Crippen molar-refractivity contribution in [3.63, 3.8) is 0 Å². The molecule has 0 aromatic carbocycles. The van der Waals surface area contributed by atoms with Gasteiger partial charge in [0.05, 0.1) is 12.3 Å². The topological polar surface area (TPSA) is 41.6 Å². The molecule has 2 aliphatic heterocycles. The van der Waals surface area contributed by atoms with Gasteiger partial charge in [-0.3, -0.25) is 4.79 Å². The fourth-order valence-electron chi connectivity index (χ4n) is 3.90. The van der Waals surface area contributed by atoms with Crippen molar-refractivity contribution in [2.45, 2.75) is 31.3 Å². The minimum Gasteiger partial charge on any atom is -0.497 e. The number of allylic oxidation sites excluding steroid dienone is 3. The van der Waals surface area contributed by atoms with E-state index in [2.05, 4.69) is 5.32 Å². The van der Waals surface area contributed by atoms with Gasteiger partial charge < -0.3 is 15.0 Å². The van der Waals surface area contributed by atoms with Crippen molar-refractivity contribution < 1.29 is 22.7 Å². The Morgan fingerprint density at radius 2 is 1.96 bits per heavy atom. The van der Waals surface area contributed by atoms with Gasteiger partial charge >= 0.3 is 0 Å². The lowest BCUT2D eigenvalue weighted by molar-refractivity contribution is -0.148. The Morgan fingerprint density at radius 1 is 1.23 bits per heavy atom. The minimum absolute atomic E-state index is 0.0954. The van der Waals surface area contributed by atoms with Crippen molar-refractivity contribution >= 4 is 5.91 Å². The molecule has 4 rings (SSSR count). The third-order valence-corrected chi connectivity index (χ3v) is 5.56. The molecule has 0 radical (unpaired) electrons. The number of hydrogen-bond donors (Lipinski definition) is 1. The lowest BCUT2D eigenvalue weighted by Crippen LogP contribution is -2.53. The second-order valence-electron chi connectivity index (χ2n) is 7.29. The van der Waals surface area contributed by atoms with Crippen LogP contribution in [-0.2, 0) is 9.53 Å². The van der Waals surface area contributed by atoms with Crippen LogP contribution in [0.25, 0.3) is 0 Å². The molecule has 7 heteroatoms. The zero-order valence-electron chi connectivity index (χ0n) is 14.3. The SMILES string of the molecule is O=C(N(C1CC1)C1CC2=CNC=C3C=COCC1=C32)C(CF)(CF)CF. The first-order valence-corrected chi connectivity index (χ1v) is 8.83. The average molecular weight is 366 g/mol. The molecule has 4 aliphatic rings. The summed E-state index contributed by atoms with van der Waals surface area (Å²) >= 11 is 0. The molecule has 0 spiro atoms. The molecule has 0 aromatic heterocycles. The van der Waals surface area contributed by atoms with Gasteiger partial charge in [0.15, 0.2) is 0 Å². The number of carbonyl (C=O) groups excluding carboxylic acids is 1. The molecular weight excluding hydrogens is 345 g/mol. The Morgan fingerprint density at radius 3 is 2.62 bits per heavy atom. The molecule has 1 saturated carbocycles. The van der Waals surface area contributed by atoms with Crippen molar-refractivity contribution in [3.05, 3.63) is 47.0 Å². The van der Waals surface area contributed by atoms with E-state index in [4.69, 9.17) is 4.74 Å². The predicted octanol–water partition coefficient (Wildman–Crippen LogP) is 2.86. The number of hydrogen-bond acceptors (Lipinski definition) is 3. The molecule has 0 saturated heterocycles. The number of halogens is 3. The molecule has 1 fully saturated rings. The molecule has 2 aliphatic carbocycles. The highest BCUT2D eigenvalue weighted by Crippen LogP contribution is 2.45. The fraction of sp³-hybridized carbons (Fsp3) is 0.526. The number of nitrogens with zero attached hydrogens (tertiary/aromatic N) is 1. The van der Waals surface area contributed by atoms with Crippen molar-refractivity contribution in [3.8, 4) is 0 Å². The molecule has 2 heterocycles. The summed E-state index contributed by atoms with van der Waals surface area (Å²) in [6.45, 7) is -3.72. The van der Waals surface area contributed by atoms with Gasteiger partial charge in [-0.2, -0.15) is 0 Å². The first-order chi connectivity index (χ1) is 12.6. The second kappa shape index (κ2) is 6.52. The Balaban J connectivity index is 1.73. The standard InChI is InChI=1S/C19H21F3N2O2/c20-9-19(10-21,11-22)18(25)24(14-1-2-14)16-5-13-7-23-6-12-3-4-26-8-15(16)17(12)13/h3-4,6-7,14,16,23H,1-2,5,8-11H2. The monoisotopic (exact) mass is 366 g/mol. The highest BCUT2D eigenvalue weighted by Gasteiger charge is 2.51. The fourth-order valence-corrected chi connectivity index (χ4v) is 3.90. The maximum Gasteiger partial charge on any atom is 0.237 e. The Hall–Kier alpha value is -2.18. The average Bonchev–Trinajstić information content (AvgIpc) is 3.45. The Kier molecular flexibility index (Phi) is 4.32. The molecule has 0 bridgehead atoms. The van der Waals surface area contributed by atoms with Crippen LogP contribution in [0.15, 0.2) is 47.0 Å². The molecule has 4 nitrogen and oxygen atoms in total. The van der Waals surface area contributed by atoms with Gasteiger partial charge in [0.25, 0.3) is 0 Å². The van der Waals surface area contributed by atoms with E-state index in [1.54, 1.807) is 6.26 Å². The highest BCUT2D eigenvalue weighted by molar-refractivity contribution is 5.85. The summed E-state index contributed by atoms with van der Waals surface area (Å²) in [5.41, 5.74) is 1.69. The van der Waals surface area contributed by atoms with Gasteiger partial charge in [0.2, 0.25) is 5.91 Å². The zero-order chi connectivity index (χ0) is 18.3. The minimum atomic E-state index is -2.23. The van der Waals surface area contributed by atoms with Crippen LogP contribution in [0.1, 0.15) is 19.3 Å². The smallest absolute Gasteiger partial charge is 0.237 e. The molecule has 26 heavy (non-hydrogen) atoms. The van der Waals surface area contributed by atoms with E-state index in [-0.39, 0.29) is 12.1 Å². The molecular formula is C19H21F3N2O2. The molecule has 0 aromatic rings. The normalized spacial score (nSPS) is 24.2. The Labute approximate surface area is 150 Å². The van der Waals surface area contributed by atoms with Crippen LogP contribution in [0.2, 0.25) is 0 Å². The first kappa shape index (κ1) is 17.2.